The number of alkyl halides is 2. The summed E-state index contributed by atoms with van der Waals surface area (Å²) in [5.41, 5.74) is 0. The Morgan fingerprint density at radius 2 is 2.00 bits per heavy atom. The fraction of sp³-hybridized carbons (Fsp3) is 0.875. The van der Waals surface area contributed by atoms with Crippen LogP contribution in [0.3, 0.4) is 0 Å². The van der Waals surface area contributed by atoms with Gasteiger partial charge in [-0.25, -0.2) is 0 Å². The molecule has 2 nitrogen and oxygen atoms in total. The zero-order valence-corrected chi connectivity index (χ0v) is 8.99. The molecule has 0 bridgehead atoms. The molecule has 12 heavy (non-hydrogen) atoms. The minimum absolute atomic E-state index is 0.0509. The van der Waals surface area contributed by atoms with E-state index in [1.807, 2.05) is 13.8 Å². The molecule has 1 unspecified atom stereocenters. The summed E-state index contributed by atoms with van der Waals surface area (Å²) in [6.07, 6.45) is 0.589. The number of carbonyl (C=O) groups excluding carboxylic acids is 1. The highest BCUT2D eigenvalue weighted by atomic mass is 35.5. The normalized spacial score (nSPS) is 25.7. The van der Waals surface area contributed by atoms with Gasteiger partial charge in [0.15, 0.2) is 0 Å². The van der Waals surface area contributed by atoms with Crippen molar-refractivity contribution in [2.45, 2.75) is 30.6 Å². The highest BCUT2D eigenvalue weighted by molar-refractivity contribution is 6.52. The second-order valence-corrected chi connectivity index (χ2v) is 5.10. The maximum Gasteiger partial charge on any atom is 0.228 e. The van der Waals surface area contributed by atoms with E-state index in [0.717, 1.165) is 0 Å². The lowest BCUT2D eigenvalue weighted by molar-refractivity contribution is -0.132. The molecule has 0 heterocycles. The number of hydrogen-bond donors (Lipinski definition) is 0. The largest absolute Gasteiger partial charge is 0.343 e. The first-order chi connectivity index (χ1) is 5.36. The monoisotopic (exact) mass is 209 g/mol. The molecule has 1 aliphatic carbocycles. The first kappa shape index (κ1) is 10.1. The van der Waals surface area contributed by atoms with Gasteiger partial charge in [0.2, 0.25) is 5.91 Å². The van der Waals surface area contributed by atoms with Gasteiger partial charge < -0.3 is 4.90 Å². The molecule has 0 saturated heterocycles. The zero-order valence-electron chi connectivity index (χ0n) is 7.47. The Balaban J connectivity index is 2.51. The molecule has 1 saturated carbocycles. The Morgan fingerprint density at radius 3 is 2.25 bits per heavy atom. The SMILES string of the molecule is CC(C)N(C)C(=O)C1CC1(Cl)Cl. The second kappa shape index (κ2) is 3.08. The molecule has 1 rings (SSSR count). The lowest BCUT2D eigenvalue weighted by Gasteiger charge is -2.21. The summed E-state index contributed by atoms with van der Waals surface area (Å²) >= 11 is 11.5. The van der Waals surface area contributed by atoms with Gasteiger partial charge >= 0.3 is 0 Å². The molecule has 1 amide bonds. The number of nitrogens with zero attached hydrogens (tertiary/aromatic N) is 1. The predicted octanol–water partition coefficient (Wildman–Crippen LogP) is 2.05. The molecule has 0 aromatic carbocycles. The van der Waals surface area contributed by atoms with E-state index in [1.165, 1.54) is 0 Å². The van der Waals surface area contributed by atoms with Crippen molar-refractivity contribution in [3.05, 3.63) is 0 Å². The number of amides is 1. The van der Waals surface area contributed by atoms with E-state index in [2.05, 4.69) is 0 Å². The van der Waals surface area contributed by atoms with Gasteiger partial charge in [0.25, 0.3) is 0 Å². The summed E-state index contributed by atoms with van der Waals surface area (Å²) in [4.78, 5) is 13.2. The number of hydrogen-bond acceptors (Lipinski definition) is 1. The number of rotatable bonds is 2. The molecule has 0 aliphatic heterocycles. The van der Waals surface area contributed by atoms with E-state index in [-0.39, 0.29) is 17.9 Å². The molecule has 0 spiro atoms. The van der Waals surface area contributed by atoms with E-state index in [0.29, 0.717) is 6.42 Å². The van der Waals surface area contributed by atoms with E-state index < -0.39 is 4.33 Å². The molecule has 70 valence electrons. The van der Waals surface area contributed by atoms with Crippen molar-refractivity contribution in [3.63, 3.8) is 0 Å². The van der Waals surface area contributed by atoms with E-state index in [1.54, 1.807) is 11.9 Å². The summed E-state index contributed by atoms with van der Waals surface area (Å²) in [5, 5.41) is 0. The fourth-order valence-electron chi connectivity index (χ4n) is 0.981. The van der Waals surface area contributed by atoms with Crippen molar-refractivity contribution < 1.29 is 4.79 Å². The van der Waals surface area contributed by atoms with Gasteiger partial charge in [0.1, 0.15) is 4.33 Å². The molecular weight excluding hydrogens is 197 g/mol. The van der Waals surface area contributed by atoms with Crippen molar-refractivity contribution in [1.82, 2.24) is 4.90 Å². The average molecular weight is 210 g/mol. The van der Waals surface area contributed by atoms with Crippen LogP contribution in [0.2, 0.25) is 0 Å². The van der Waals surface area contributed by atoms with Crippen molar-refractivity contribution in [3.8, 4) is 0 Å². The third-order valence-corrected chi connectivity index (χ3v) is 3.08. The van der Waals surface area contributed by atoms with Crippen LogP contribution >= 0.6 is 23.2 Å². The Kier molecular flexibility index (Phi) is 2.60. The average Bonchev–Trinajstić information content (AvgIpc) is 2.56. The van der Waals surface area contributed by atoms with Gasteiger partial charge in [-0.1, -0.05) is 0 Å². The first-order valence-corrected chi connectivity index (χ1v) is 4.76. The van der Waals surface area contributed by atoms with Crippen LogP contribution < -0.4 is 0 Å². The molecule has 1 aliphatic rings. The third-order valence-electron chi connectivity index (χ3n) is 2.25. The van der Waals surface area contributed by atoms with E-state index in [4.69, 9.17) is 23.2 Å². The summed E-state index contributed by atoms with van der Waals surface area (Å²) in [6, 6.07) is 0.210. The van der Waals surface area contributed by atoms with Gasteiger partial charge in [-0.2, -0.15) is 0 Å². The lowest BCUT2D eigenvalue weighted by Crippen LogP contribution is -2.35. The summed E-state index contributed by atoms with van der Waals surface area (Å²) in [6.45, 7) is 3.93. The van der Waals surface area contributed by atoms with Crippen LogP contribution in [-0.2, 0) is 4.79 Å². The van der Waals surface area contributed by atoms with Crippen LogP contribution in [0.1, 0.15) is 20.3 Å². The summed E-state index contributed by atoms with van der Waals surface area (Å²) in [7, 11) is 1.77. The maximum absolute atomic E-state index is 11.5. The minimum Gasteiger partial charge on any atom is -0.343 e. The van der Waals surface area contributed by atoms with Crippen LogP contribution in [0.5, 0.6) is 0 Å². The third kappa shape index (κ3) is 1.86. The van der Waals surface area contributed by atoms with Crippen LogP contribution in [-0.4, -0.2) is 28.2 Å². The van der Waals surface area contributed by atoms with Crippen molar-refractivity contribution in [1.29, 1.82) is 0 Å². The minimum atomic E-state index is -0.791. The highest BCUT2D eigenvalue weighted by Gasteiger charge is 2.57. The maximum atomic E-state index is 11.5. The van der Waals surface area contributed by atoms with Crippen LogP contribution in [0.15, 0.2) is 0 Å². The van der Waals surface area contributed by atoms with Gasteiger partial charge in [-0.05, 0) is 20.3 Å². The number of carbonyl (C=O) groups is 1. The van der Waals surface area contributed by atoms with Crippen LogP contribution in [0.25, 0.3) is 0 Å². The zero-order chi connectivity index (χ0) is 9.52. The molecule has 1 atom stereocenters. The number of halogens is 2. The van der Waals surface area contributed by atoms with Crippen LogP contribution in [0.4, 0.5) is 0 Å². The second-order valence-electron chi connectivity index (χ2n) is 3.56. The van der Waals surface area contributed by atoms with Gasteiger partial charge in [0, 0.05) is 13.1 Å². The highest BCUT2D eigenvalue weighted by Crippen LogP contribution is 2.53. The van der Waals surface area contributed by atoms with Gasteiger partial charge in [0.05, 0.1) is 5.92 Å². The molecule has 0 aromatic heterocycles. The van der Waals surface area contributed by atoms with Gasteiger partial charge in [-0.15, -0.1) is 23.2 Å². The molecular formula is C8H13Cl2NO. The molecule has 0 radical (unpaired) electrons. The molecule has 0 N–H and O–H groups in total. The molecule has 4 heteroatoms. The van der Waals surface area contributed by atoms with Gasteiger partial charge in [-0.3, -0.25) is 4.79 Å². The lowest BCUT2D eigenvalue weighted by atomic mass is 10.3. The topological polar surface area (TPSA) is 20.3 Å². The standard InChI is InChI=1S/C8H13Cl2NO/c1-5(2)11(3)7(12)6-4-8(6,9)10/h5-6H,4H2,1-3H3. The smallest absolute Gasteiger partial charge is 0.228 e. The van der Waals surface area contributed by atoms with E-state index >= 15 is 0 Å². The van der Waals surface area contributed by atoms with Crippen molar-refractivity contribution in [2.75, 3.05) is 7.05 Å². The predicted molar refractivity (Wildman–Crippen MR) is 50.5 cm³/mol. The molecule has 1 fully saturated rings. The summed E-state index contributed by atoms with van der Waals surface area (Å²) in [5.74, 6) is -0.136. The fourth-order valence-corrected chi connectivity index (χ4v) is 1.48. The van der Waals surface area contributed by atoms with Crippen molar-refractivity contribution >= 4 is 29.1 Å². The summed E-state index contributed by atoms with van der Waals surface area (Å²) < 4.78 is -0.791. The Morgan fingerprint density at radius 1 is 1.58 bits per heavy atom. The Bertz CT molecular complexity index is 199. The Labute approximate surface area is 82.8 Å². The quantitative estimate of drug-likeness (QED) is 0.638. The van der Waals surface area contributed by atoms with E-state index in [9.17, 15) is 4.79 Å². The molecule has 0 aromatic rings. The first-order valence-electron chi connectivity index (χ1n) is 4.00. The Hall–Kier alpha value is 0.0500. The van der Waals surface area contributed by atoms with Crippen LogP contribution in [0, 0.1) is 5.92 Å². The van der Waals surface area contributed by atoms with Crippen molar-refractivity contribution in [2.24, 2.45) is 5.92 Å².